The van der Waals surface area contributed by atoms with E-state index in [1.54, 1.807) is 19.2 Å². The largest absolute Gasteiger partial charge is 0.416 e. The molecule has 6 nitrogen and oxygen atoms in total. The van der Waals surface area contributed by atoms with Crippen LogP contribution in [-0.4, -0.2) is 55.5 Å². The van der Waals surface area contributed by atoms with Crippen molar-refractivity contribution in [3.63, 3.8) is 0 Å². The number of rotatable bonds is 9. The highest BCUT2D eigenvalue weighted by molar-refractivity contribution is 5.98. The van der Waals surface area contributed by atoms with E-state index >= 15 is 0 Å². The van der Waals surface area contributed by atoms with Gasteiger partial charge in [0.25, 0.3) is 5.91 Å². The summed E-state index contributed by atoms with van der Waals surface area (Å²) < 4.78 is 80.4. The molecule has 1 fully saturated rings. The lowest BCUT2D eigenvalue weighted by atomic mass is 10.0. The first-order valence-electron chi connectivity index (χ1n) is 13.6. The van der Waals surface area contributed by atoms with Crippen LogP contribution in [0.3, 0.4) is 0 Å². The zero-order valence-corrected chi connectivity index (χ0v) is 22.9. The molecule has 2 atom stereocenters. The van der Waals surface area contributed by atoms with Crippen LogP contribution in [0.25, 0.3) is 10.8 Å². The molecular weight excluding hydrogens is 562 g/mol. The van der Waals surface area contributed by atoms with Gasteiger partial charge in [-0.05, 0) is 79.5 Å². The standard InChI is InChI=1S/C30H32F6N4O2/c1-37-11-4-7-26-28(42)40(18-19-13-23(29(31,32)33)16-24(14-19)30(34,35)36)12-10-25(39-26)17-38-27(41)22-9-8-20-5-2-3-6-21(20)15-22/h2-3,5-6,8-9,13-16,25-26,37,39H,4,7,10-12,17-18H2,1H3,(H,38,41). The Morgan fingerprint density at radius 3 is 2.26 bits per heavy atom. The molecular formula is C30H32F6N4O2. The van der Waals surface area contributed by atoms with Gasteiger partial charge >= 0.3 is 12.4 Å². The zero-order valence-electron chi connectivity index (χ0n) is 22.9. The minimum atomic E-state index is -4.98. The van der Waals surface area contributed by atoms with Gasteiger partial charge < -0.3 is 20.9 Å². The van der Waals surface area contributed by atoms with Gasteiger partial charge in [-0.15, -0.1) is 0 Å². The van der Waals surface area contributed by atoms with Crippen LogP contribution in [0, 0.1) is 0 Å². The average Bonchev–Trinajstić information content (AvgIpc) is 3.09. The fourth-order valence-corrected chi connectivity index (χ4v) is 5.07. The predicted octanol–water partition coefficient (Wildman–Crippen LogP) is 5.37. The minimum Gasteiger partial charge on any atom is -0.350 e. The van der Waals surface area contributed by atoms with Crippen molar-refractivity contribution < 1.29 is 35.9 Å². The SMILES string of the molecule is CNCCCC1NC(CNC(=O)c2ccc3ccccc3c2)CCN(Cc2cc(C(F)(F)F)cc(C(F)(F)F)c2)C1=O. The van der Waals surface area contributed by atoms with E-state index in [-0.39, 0.29) is 36.7 Å². The van der Waals surface area contributed by atoms with Crippen molar-refractivity contribution in [3.8, 4) is 0 Å². The van der Waals surface area contributed by atoms with Crippen LogP contribution in [0.2, 0.25) is 0 Å². The summed E-state index contributed by atoms with van der Waals surface area (Å²) in [5, 5.41) is 11.0. The quantitative estimate of drug-likeness (QED) is 0.230. The van der Waals surface area contributed by atoms with Crippen molar-refractivity contribution in [2.45, 2.75) is 50.2 Å². The Morgan fingerprint density at radius 1 is 0.952 bits per heavy atom. The maximum Gasteiger partial charge on any atom is 0.416 e. The fourth-order valence-electron chi connectivity index (χ4n) is 5.07. The molecule has 1 aliphatic rings. The summed E-state index contributed by atoms with van der Waals surface area (Å²) >= 11 is 0. The third-order valence-corrected chi connectivity index (χ3v) is 7.26. The Bertz CT molecular complexity index is 1380. The van der Waals surface area contributed by atoms with Crippen molar-refractivity contribution in [1.82, 2.24) is 20.9 Å². The van der Waals surface area contributed by atoms with Crippen LogP contribution < -0.4 is 16.0 Å². The molecule has 0 aliphatic carbocycles. The number of benzene rings is 3. The van der Waals surface area contributed by atoms with Gasteiger partial charge in [0.05, 0.1) is 17.2 Å². The monoisotopic (exact) mass is 594 g/mol. The van der Waals surface area contributed by atoms with Crippen LogP contribution in [0.15, 0.2) is 60.7 Å². The minimum absolute atomic E-state index is 0.0735. The van der Waals surface area contributed by atoms with E-state index in [2.05, 4.69) is 16.0 Å². The molecule has 0 radical (unpaired) electrons. The molecule has 0 aromatic heterocycles. The van der Waals surface area contributed by atoms with E-state index in [0.29, 0.717) is 43.5 Å². The van der Waals surface area contributed by atoms with Gasteiger partial charge in [-0.3, -0.25) is 9.59 Å². The van der Waals surface area contributed by atoms with E-state index in [1.165, 1.54) is 4.90 Å². The van der Waals surface area contributed by atoms with E-state index in [1.807, 2.05) is 30.3 Å². The number of fused-ring (bicyclic) bond motifs is 1. The van der Waals surface area contributed by atoms with Crippen LogP contribution in [-0.2, 0) is 23.7 Å². The van der Waals surface area contributed by atoms with E-state index in [0.717, 1.165) is 10.8 Å². The van der Waals surface area contributed by atoms with Gasteiger partial charge in [0.2, 0.25) is 5.91 Å². The molecule has 0 spiro atoms. The Labute approximate surface area is 239 Å². The van der Waals surface area contributed by atoms with Crippen LogP contribution in [0.5, 0.6) is 0 Å². The lowest BCUT2D eigenvalue weighted by Gasteiger charge is -2.25. The summed E-state index contributed by atoms with van der Waals surface area (Å²) in [6.07, 6.45) is -8.64. The molecule has 226 valence electrons. The van der Waals surface area contributed by atoms with Gasteiger partial charge in [0.1, 0.15) is 0 Å². The van der Waals surface area contributed by atoms with Gasteiger partial charge in [-0.1, -0.05) is 30.3 Å². The molecule has 2 amide bonds. The fraction of sp³-hybridized carbons (Fsp3) is 0.400. The molecule has 4 rings (SSSR count). The number of hydrogen-bond acceptors (Lipinski definition) is 4. The zero-order chi connectivity index (χ0) is 30.5. The number of alkyl halides is 6. The smallest absolute Gasteiger partial charge is 0.350 e. The summed E-state index contributed by atoms with van der Waals surface area (Å²) in [6, 6.07) is 13.3. The number of hydrogen-bond donors (Lipinski definition) is 3. The van der Waals surface area contributed by atoms with Crippen molar-refractivity contribution in [2.75, 3.05) is 26.7 Å². The number of halogens is 6. The second-order valence-corrected chi connectivity index (χ2v) is 10.4. The summed E-state index contributed by atoms with van der Waals surface area (Å²) in [4.78, 5) is 27.6. The third kappa shape index (κ3) is 8.01. The first-order valence-corrected chi connectivity index (χ1v) is 13.6. The third-order valence-electron chi connectivity index (χ3n) is 7.26. The summed E-state index contributed by atoms with van der Waals surface area (Å²) in [7, 11) is 1.76. The van der Waals surface area contributed by atoms with Crippen LogP contribution in [0.1, 0.15) is 46.3 Å². The molecule has 0 bridgehead atoms. The Balaban J connectivity index is 1.50. The predicted molar refractivity (Wildman–Crippen MR) is 147 cm³/mol. The molecule has 1 heterocycles. The Hall–Kier alpha value is -3.64. The second kappa shape index (κ2) is 13.1. The first-order chi connectivity index (χ1) is 19.8. The number of nitrogens with zero attached hydrogens (tertiary/aromatic N) is 1. The van der Waals surface area contributed by atoms with Gasteiger partial charge in [0.15, 0.2) is 0 Å². The maximum absolute atomic E-state index is 13.4. The highest BCUT2D eigenvalue weighted by atomic mass is 19.4. The number of carbonyl (C=O) groups is 2. The molecule has 1 saturated heterocycles. The molecule has 42 heavy (non-hydrogen) atoms. The van der Waals surface area contributed by atoms with Gasteiger partial charge in [-0.2, -0.15) is 26.3 Å². The molecule has 3 aromatic carbocycles. The van der Waals surface area contributed by atoms with Crippen LogP contribution >= 0.6 is 0 Å². The number of carbonyl (C=O) groups excluding carboxylic acids is 2. The molecule has 12 heteroatoms. The van der Waals surface area contributed by atoms with Gasteiger partial charge in [0, 0.05) is 31.2 Å². The van der Waals surface area contributed by atoms with E-state index in [9.17, 15) is 35.9 Å². The highest BCUT2D eigenvalue weighted by Gasteiger charge is 2.38. The molecule has 2 unspecified atom stereocenters. The Kier molecular flexibility index (Phi) is 9.78. The normalized spacial score (nSPS) is 18.3. The number of nitrogens with one attached hydrogen (secondary N) is 3. The van der Waals surface area contributed by atoms with Gasteiger partial charge in [-0.25, -0.2) is 0 Å². The van der Waals surface area contributed by atoms with Crippen molar-refractivity contribution in [3.05, 3.63) is 82.9 Å². The summed E-state index contributed by atoms with van der Waals surface area (Å²) in [5.41, 5.74) is -2.64. The lowest BCUT2D eigenvalue weighted by Crippen LogP contribution is -2.48. The summed E-state index contributed by atoms with van der Waals surface area (Å²) in [5.74, 6) is -0.717. The second-order valence-electron chi connectivity index (χ2n) is 10.4. The molecule has 3 aromatic rings. The Morgan fingerprint density at radius 2 is 1.62 bits per heavy atom. The molecule has 1 aliphatic heterocycles. The van der Waals surface area contributed by atoms with Crippen LogP contribution in [0.4, 0.5) is 26.3 Å². The number of amides is 2. The van der Waals surface area contributed by atoms with Crippen molar-refractivity contribution in [2.24, 2.45) is 0 Å². The first kappa shape index (κ1) is 31.3. The molecule has 3 N–H and O–H groups in total. The molecule has 0 saturated carbocycles. The average molecular weight is 595 g/mol. The van der Waals surface area contributed by atoms with E-state index in [4.69, 9.17) is 0 Å². The lowest BCUT2D eigenvalue weighted by molar-refractivity contribution is -0.143. The van der Waals surface area contributed by atoms with E-state index < -0.39 is 42.0 Å². The topological polar surface area (TPSA) is 73.5 Å². The van der Waals surface area contributed by atoms with Crippen molar-refractivity contribution >= 4 is 22.6 Å². The highest BCUT2D eigenvalue weighted by Crippen LogP contribution is 2.36. The maximum atomic E-state index is 13.4. The summed E-state index contributed by atoms with van der Waals surface area (Å²) in [6.45, 7) is 0.461. The van der Waals surface area contributed by atoms with Crippen molar-refractivity contribution in [1.29, 1.82) is 0 Å².